The van der Waals surface area contributed by atoms with Crippen molar-refractivity contribution >= 4 is 23.4 Å². The number of rotatable bonds is 5. The number of amides is 1. The minimum atomic E-state index is -1.03. The van der Waals surface area contributed by atoms with Crippen LogP contribution in [0.15, 0.2) is 47.6 Å². The van der Waals surface area contributed by atoms with Crippen LogP contribution in [0.2, 0.25) is 0 Å². The van der Waals surface area contributed by atoms with Gasteiger partial charge in [0.15, 0.2) is 17.5 Å². The van der Waals surface area contributed by atoms with Gasteiger partial charge in [0.25, 0.3) is 0 Å². The maximum atomic E-state index is 13.2. The number of thioether (sulfide) groups is 1. The first kappa shape index (κ1) is 17.9. The molecule has 2 aromatic carbocycles. The van der Waals surface area contributed by atoms with Crippen LogP contribution in [-0.2, 0) is 4.79 Å². The van der Waals surface area contributed by atoms with Crippen molar-refractivity contribution in [1.82, 2.24) is 14.9 Å². The summed E-state index contributed by atoms with van der Waals surface area (Å²) in [6.45, 7) is 1.94. The predicted molar refractivity (Wildman–Crippen MR) is 96.1 cm³/mol. The van der Waals surface area contributed by atoms with Crippen LogP contribution < -0.4 is 11.2 Å². The van der Waals surface area contributed by atoms with E-state index >= 15 is 0 Å². The molecule has 0 spiro atoms. The Balaban J connectivity index is 1.66. The number of aromatic nitrogens is 3. The second-order valence-corrected chi connectivity index (χ2v) is 6.40. The van der Waals surface area contributed by atoms with Gasteiger partial charge in [0, 0.05) is 17.3 Å². The molecule has 26 heavy (non-hydrogen) atoms. The molecule has 0 radical (unpaired) electrons. The second-order valence-electron chi connectivity index (χ2n) is 5.46. The highest BCUT2D eigenvalue weighted by atomic mass is 32.2. The molecule has 1 heterocycles. The van der Waals surface area contributed by atoms with E-state index in [0.717, 1.165) is 35.0 Å². The van der Waals surface area contributed by atoms with Crippen molar-refractivity contribution in [1.29, 1.82) is 0 Å². The van der Waals surface area contributed by atoms with E-state index in [4.69, 9.17) is 5.84 Å². The summed E-state index contributed by atoms with van der Waals surface area (Å²) in [7, 11) is 0. The smallest absolute Gasteiger partial charge is 0.234 e. The molecule has 0 atom stereocenters. The third-order valence-electron chi connectivity index (χ3n) is 3.59. The van der Waals surface area contributed by atoms with Gasteiger partial charge in [-0.1, -0.05) is 36.0 Å². The van der Waals surface area contributed by atoms with Gasteiger partial charge in [0.1, 0.15) is 0 Å². The molecule has 3 N–H and O–H groups in total. The summed E-state index contributed by atoms with van der Waals surface area (Å²) in [6.07, 6.45) is 0. The summed E-state index contributed by atoms with van der Waals surface area (Å²) in [5, 5.41) is 10.9. The minimum absolute atomic E-state index is 0.0118. The maximum Gasteiger partial charge on any atom is 0.234 e. The summed E-state index contributed by atoms with van der Waals surface area (Å²) >= 11 is 1.09. The van der Waals surface area contributed by atoms with Crippen LogP contribution in [0.25, 0.3) is 11.4 Å². The summed E-state index contributed by atoms with van der Waals surface area (Å²) in [5.74, 6) is 4.10. The number of benzene rings is 2. The monoisotopic (exact) mass is 375 g/mol. The molecule has 0 fully saturated rings. The fourth-order valence-electron chi connectivity index (χ4n) is 2.28. The van der Waals surface area contributed by atoms with E-state index in [9.17, 15) is 13.6 Å². The Morgan fingerprint density at radius 1 is 1.19 bits per heavy atom. The first-order chi connectivity index (χ1) is 12.5. The normalized spacial score (nSPS) is 10.7. The average Bonchev–Trinajstić information content (AvgIpc) is 2.97. The number of carbonyl (C=O) groups is 1. The molecule has 1 aromatic heterocycles. The molecule has 0 unspecified atom stereocenters. The number of anilines is 1. The molecule has 0 aliphatic carbocycles. The first-order valence-corrected chi connectivity index (χ1v) is 8.58. The van der Waals surface area contributed by atoms with Crippen molar-refractivity contribution in [3.8, 4) is 11.4 Å². The second kappa shape index (κ2) is 7.52. The topological polar surface area (TPSA) is 85.8 Å². The lowest BCUT2D eigenvalue weighted by Crippen LogP contribution is -2.16. The molecular formula is C17H15F2N5OS. The number of nitrogens with one attached hydrogen (secondary N) is 1. The molecule has 0 saturated carbocycles. The van der Waals surface area contributed by atoms with Crippen molar-refractivity contribution < 1.29 is 13.6 Å². The Labute approximate surface area is 152 Å². The maximum absolute atomic E-state index is 13.2. The molecule has 0 aliphatic rings. The number of hydrogen-bond acceptors (Lipinski definition) is 5. The lowest BCUT2D eigenvalue weighted by atomic mass is 10.1. The number of halogens is 2. The van der Waals surface area contributed by atoms with E-state index in [0.29, 0.717) is 11.0 Å². The van der Waals surface area contributed by atoms with Crippen molar-refractivity contribution in [3.63, 3.8) is 0 Å². The summed E-state index contributed by atoms with van der Waals surface area (Å²) in [6, 6.07) is 10.7. The molecule has 0 bridgehead atoms. The molecule has 134 valence electrons. The highest BCUT2D eigenvalue weighted by Gasteiger charge is 2.15. The van der Waals surface area contributed by atoms with Gasteiger partial charge < -0.3 is 11.2 Å². The summed E-state index contributed by atoms with van der Waals surface area (Å²) < 4.78 is 27.4. The third-order valence-corrected chi connectivity index (χ3v) is 4.53. The highest BCUT2D eigenvalue weighted by molar-refractivity contribution is 7.99. The molecular weight excluding hydrogens is 360 g/mol. The number of nitrogen functional groups attached to an aromatic ring is 1. The summed E-state index contributed by atoms with van der Waals surface area (Å²) in [5.41, 5.74) is 2.02. The average molecular weight is 375 g/mol. The Bertz CT molecular complexity index is 960. The minimum Gasteiger partial charge on any atom is -0.335 e. The Morgan fingerprint density at radius 2 is 1.96 bits per heavy atom. The number of hydrogen-bond donors (Lipinski definition) is 2. The van der Waals surface area contributed by atoms with Crippen molar-refractivity contribution in [2.24, 2.45) is 0 Å². The van der Waals surface area contributed by atoms with E-state index < -0.39 is 17.5 Å². The predicted octanol–water partition coefficient (Wildman–Crippen LogP) is 2.98. The molecule has 6 nitrogen and oxygen atoms in total. The van der Waals surface area contributed by atoms with Gasteiger partial charge in [0.05, 0.1) is 5.75 Å². The largest absolute Gasteiger partial charge is 0.335 e. The van der Waals surface area contributed by atoms with Crippen LogP contribution in [0.1, 0.15) is 5.56 Å². The Morgan fingerprint density at radius 3 is 2.69 bits per heavy atom. The highest BCUT2D eigenvalue weighted by Crippen LogP contribution is 2.24. The van der Waals surface area contributed by atoms with E-state index in [1.165, 1.54) is 10.7 Å². The van der Waals surface area contributed by atoms with Gasteiger partial charge in [-0.05, 0) is 24.6 Å². The van der Waals surface area contributed by atoms with Gasteiger partial charge in [0.2, 0.25) is 11.1 Å². The zero-order chi connectivity index (χ0) is 18.7. The lowest BCUT2D eigenvalue weighted by molar-refractivity contribution is -0.113. The SMILES string of the molecule is Cc1ccccc1-c1nnc(SCC(=O)Nc2ccc(F)c(F)c2)n1N. The van der Waals surface area contributed by atoms with Crippen LogP contribution in [-0.4, -0.2) is 26.5 Å². The molecule has 9 heteroatoms. The number of carbonyl (C=O) groups excluding carboxylic acids is 1. The van der Waals surface area contributed by atoms with E-state index in [-0.39, 0.29) is 11.4 Å². The van der Waals surface area contributed by atoms with Gasteiger partial charge in [-0.3, -0.25) is 4.79 Å². The molecule has 1 amide bonds. The fourth-order valence-corrected chi connectivity index (χ4v) is 2.94. The number of aryl methyl sites for hydroxylation is 1. The zero-order valence-corrected chi connectivity index (χ0v) is 14.6. The van der Waals surface area contributed by atoms with Gasteiger partial charge in [-0.25, -0.2) is 13.5 Å². The van der Waals surface area contributed by atoms with Crippen LogP contribution in [0, 0.1) is 18.6 Å². The molecule has 0 aliphatic heterocycles. The van der Waals surface area contributed by atoms with Crippen molar-refractivity contribution in [3.05, 3.63) is 59.7 Å². The van der Waals surface area contributed by atoms with Crippen LogP contribution in [0.5, 0.6) is 0 Å². The zero-order valence-electron chi connectivity index (χ0n) is 13.7. The van der Waals surface area contributed by atoms with E-state index in [2.05, 4.69) is 15.5 Å². The standard InChI is InChI=1S/C17H15F2N5OS/c1-10-4-2-3-5-12(10)16-22-23-17(24(16)20)26-9-15(25)21-11-6-7-13(18)14(19)8-11/h2-8H,9,20H2,1H3,(H,21,25). The van der Waals surface area contributed by atoms with Gasteiger partial charge in [-0.2, -0.15) is 0 Å². The molecule has 3 rings (SSSR count). The van der Waals surface area contributed by atoms with Crippen LogP contribution in [0.4, 0.5) is 14.5 Å². The Hall–Kier alpha value is -2.94. The Kier molecular flexibility index (Phi) is 5.17. The van der Waals surface area contributed by atoms with Crippen molar-refractivity contribution in [2.75, 3.05) is 16.9 Å². The number of nitrogens with two attached hydrogens (primary N) is 1. The van der Waals surface area contributed by atoms with E-state index in [1.54, 1.807) is 0 Å². The lowest BCUT2D eigenvalue weighted by Gasteiger charge is -2.07. The van der Waals surface area contributed by atoms with Crippen LogP contribution in [0.3, 0.4) is 0 Å². The quantitative estimate of drug-likeness (QED) is 0.529. The van der Waals surface area contributed by atoms with Crippen LogP contribution >= 0.6 is 11.8 Å². The molecule has 0 saturated heterocycles. The molecule has 3 aromatic rings. The fraction of sp³-hybridized carbons (Fsp3) is 0.118. The summed E-state index contributed by atoms with van der Waals surface area (Å²) in [4.78, 5) is 12.0. The van der Waals surface area contributed by atoms with E-state index in [1.807, 2.05) is 31.2 Å². The van der Waals surface area contributed by atoms with Crippen molar-refractivity contribution in [2.45, 2.75) is 12.1 Å². The van der Waals surface area contributed by atoms with Gasteiger partial charge >= 0.3 is 0 Å². The van der Waals surface area contributed by atoms with Gasteiger partial charge in [-0.15, -0.1) is 10.2 Å². The number of nitrogens with zero attached hydrogens (tertiary/aromatic N) is 3. The first-order valence-electron chi connectivity index (χ1n) is 7.60. The third kappa shape index (κ3) is 3.83.